The number of nitrogens with zero attached hydrogens (tertiary/aromatic N) is 2. The molecule has 0 N–H and O–H groups in total. The first kappa shape index (κ1) is 21.7. The average Bonchev–Trinajstić information content (AvgIpc) is 3.17. The monoisotopic (exact) mass is 424 g/mol. The van der Waals surface area contributed by atoms with Gasteiger partial charge in [0.05, 0.1) is 25.3 Å². The first-order valence-electron chi connectivity index (χ1n) is 9.70. The standard InChI is InChI=1S/C21H23F3N2O4/c1-3-28-17-6-5-14(11-18(17)29-4-2)20(27)26-10-8-16(13-26)30-19-12-15(7-9-25-19)21(22,23)24/h5-7,9,11-12,16H,3-4,8,10,13H2,1-2H3. The molecule has 9 heteroatoms. The van der Waals surface area contributed by atoms with E-state index in [9.17, 15) is 18.0 Å². The molecule has 1 saturated heterocycles. The molecule has 0 saturated carbocycles. The molecule has 0 aliphatic carbocycles. The molecule has 30 heavy (non-hydrogen) atoms. The lowest BCUT2D eigenvalue weighted by Gasteiger charge is -2.18. The second-order valence-electron chi connectivity index (χ2n) is 6.69. The molecule has 1 fully saturated rings. The number of hydrogen-bond donors (Lipinski definition) is 0. The zero-order chi connectivity index (χ0) is 21.7. The van der Waals surface area contributed by atoms with Crippen molar-refractivity contribution in [1.29, 1.82) is 0 Å². The molecule has 0 spiro atoms. The average molecular weight is 424 g/mol. The third-order valence-electron chi connectivity index (χ3n) is 4.57. The van der Waals surface area contributed by atoms with Crippen molar-refractivity contribution in [2.45, 2.75) is 32.5 Å². The number of rotatable bonds is 7. The van der Waals surface area contributed by atoms with Gasteiger partial charge in [0.2, 0.25) is 5.88 Å². The smallest absolute Gasteiger partial charge is 0.416 e. The van der Waals surface area contributed by atoms with Crippen LogP contribution >= 0.6 is 0 Å². The Kier molecular flexibility index (Phi) is 6.69. The van der Waals surface area contributed by atoms with E-state index in [1.807, 2.05) is 13.8 Å². The van der Waals surface area contributed by atoms with Crippen LogP contribution in [0.25, 0.3) is 0 Å². The van der Waals surface area contributed by atoms with Gasteiger partial charge in [-0.3, -0.25) is 4.79 Å². The van der Waals surface area contributed by atoms with Crippen LogP contribution in [0.2, 0.25) is 0 Å². The molecule has 1 amide bonds. The molecular weight excluding hydrogens is 401 g/mol. The van der Waals surface area contributed by atoms with Gasteiger partial charge in [0.25, 0.3) is 5.91 Å². The summed E-state index contributed by atoms with van der Waals surface area (Å²) in [5, 5.41) is 0. The molecule has 6 nitrogen and oxygen atoms in total. The molecular formula is C21H23F3N2O4. The van der Waals surface area contributed by atoms with Crippen LogP contribution in [-0.2, 0) is 6.18 Å². The maximum absolute atomic E-state index is 12.9. The highest BCUT2D eigenvalue weighted by Gasteiger charge is 2.32. The lowest BCUT2D eigenvalue weighted by molar-refractivity contribution is -0.137. The van der Waals surface area contributed by atoms with Crippen LogP contribution in [0.3, 0.4) is 0 Å². The number of amides is 1. The van der Waals surface area contributed by atoms with Crippen molar-refractivity contribution in [2.75, 3.05) is 26.3 Å². The molecule has 1 aromatic carbocycles. The zero-order valence-corrected chi connectivity index (χ0v) is 16.7. The Labute approximate surface area is 172 Å². The summed E-state index contributed by atoms with van der Waals surface area (Å²) in [6.07, 6.45) is -3.34. The van der Waals surface area contributed by atoms with Crippen LogP contribution in [0, 0.1) is 0 Å². The first-order valence-corrected chi connectivity index (χ1v) is 9.70. The van der Waals surface area contributed by atoms with Crippen LogP contribution in [0.15, 0.2) is 36.5 Å². The molecule has 2 aromatic rings. The predicted octanol–water partition coefficient (Wildman–Crippen LogP) is 4.19. The summed E-state index contributed by atoms with van der Waals surface area (Å²) in [7, 11) is 0. The number of benzene rings is 1. The molecule has 2 heterocycles. The maximum Gasteiger partial charge on any atom is 0.416 e. The van der Waals surface area contributed by atoms with Gasteiger partial charge >= 0.3 is 6.18 Å². The van der Waals surface area contributed by atoms with E-state index in [2.05, 4.69) is 4.98 Å². The fourth-order valence-electron chi connectivity index (χ4n) is 3.20. The fraction of sp³-hybridized carbons (Fsp3) is 0.429. The third kappa shape index (κ3) is 5.14. The summed E-state index contributed by atoms with van der Waals surface area (Å²) in [4.78, 5) is 18.3. The van der Waals surface area contributed by atoms with Gasteiger partial charge < -0.3 is 19.1 Å². The summed E-state index contributed by atoms with van der Waals surface area (Å²) in [5.41, 5.74) is -0.379. The van der Waals surface area contributed by atoms with Crippen molar-refractivity contribution in [2.24, 2.45) is 0 Å². The number of carbonyl (C=O) groups excluding carboxylic acids is 1. The summed E-state index contributed by atoms with van der Waals surface area (Å²) < 4.78 is 55.2. The van der Waals surface area contributed by atoms with Gasteiger partial charge in [-0.05, 0) is 38.1 Å². The Bertz CT molecular complexity index is 889. The quantitative estimate of drug-likeness (QED) is 0.667. The minimum atomic E-state index is -4.47. The van der Waals surface area contributed by atoms with Crippen LogP contribution < -0.4 is 14.2 Å². The van der Waals surface area contributed by atoms with Crippen molar-refractivity contribution in [3.63, 3.8) is 0 Å². The van der Waals surface area contributed by atoms with Gasteiger partial charge in [-0.25, -0.2) is 4.98 Å². The Morgan fingerprint density at radius 3 is 2.57 bits per heavy atom. The van der Waals surface area contributed by atoms with Crippen LogP contribution in [0.4, 0.5) is 13.2 Å². The maximum atomic E-state index is 12.9. The number of hydrogen-bond acceptors (Lipinski definition) is 5. The predicted molar refractivity (Wildman–Crippen MR) is 103 cm³/mol. The fourth-order valence-corrected chi connectivity index (χ4v) is 3.20. The van der Waals surface area contributed by atoms with Crippen LogP contribution in [0.5, 0.6) is 17.4 Å². The molecule has 0 bridgehead atoms. The van der Waals surface area contributed by atoms with Crippen LogP contribution in [-0.4, -0.2) is 48.2 Å². The highest BCUT2D eigenvalue weighted by Crippen LogP contribution is 2.32. The molecule has 1 unspecified atom stereocenters. The number of carbonyl (C=O) groups is 1. The van der Waals surface area contributed by atoms with Crippen molar-refractivity contribution < 1.29 is 32.2 Å². The number of likely N-dealkylation sites (tertiary alicyclic amines) is 1. The molecule has 162 valence electrons. The Hall–Kier alpha value is -2.97. The third-order valence-corrected chi connectivity index (χ3v) is 4.57. The number of aromatic nitrogens is 1. The van der Waals surface area contributed by atoms with Crippen molar-refractivity contribution in [1.82, 2.24) is 9.88 Å². The summed E-state index contributed by atoms with van der Waals surface area (Å²) in [6.45, 7) is 5.30. The molecule has 1 atom stereocenters. The number of ether oxygens (including phenoxy) is 3. The van der Waals surface area contributed by atoms with E-state index in [1.165, 1.54) is 0 Å². The lowest BCUT2D eigenvalue weighted by atomic mass is 10.1. The highest BCUT2D eigenvalue weighted by atomic mass is 19.4. The normalized spacial score (nSPS) is 16.4. The lowest BCUT2D eigenvalue weighted by Crippen LogP contribution is -2.31. The second-order valence-corrected chi connectivity index (χ2v) is 6.69. The van der Waals surface area contributed by atoms with Gasteiger partial charge in [-0.2, -0.15) is 13.2 Å². The Morgan fingerprint density at radius 1 is 1.13 bits per heavy atom. The molecule has 3 rings (SSSR count). The highest BCUT2D eigenvalue weighted by molar-refractivity contribution is 5.95. The SMILES string of the molecule is CCOc1ccc(C(=O)N2CCC(Oc3cc(C(F)(F)F)ccn3)C2)cc1OCC. The van der Waals surface area contributed by atoms with Crippen molar-refractivity contribution in [3.8, 4) is 17.4 Å². The van der Waals surface area contributed by atoms with Crippen LogP contribution in [0.1, 0.15) is 36.2 Å². The molecule has 1 aromatic heterocycles. The first-order chi connectivity index (χ1) is 14.3. The molecule has 1 aliphatic rings. The van der Waals surface area contributed by atoms with E-state index < -0.39 is 17.8 Å². The van der Waals surface area contributed by atoms with E-state index in [0.29, 0.717) is 43.2 Å². The number of pyridine rings is 1. The molecule has 1 aliphatic heterocycles. The summed E-state index contributed by atoms with van der Waals surface area (Å²) >= 11 is 0. The molecule has 0 radical (unpaired) electrons. The van der Waals surface area contributed by atoms with E-state index in [4.69, 9.17) is 14.2 Å². The van der Waals surface area contributed by atoms with Gasteiger partial charge in [0.15, 0.2) is 11.5 Å². The Balaban J connectivity index is 1.66. The minimum Gasteiger partial charge on any atom is -0.490 e. The number of halogens is 3. The van der Waals surface area contributed by atoms with E-state index in [-0.39, 0.29) is 18.3 Å². The van der Waals surface area contributed by atoms with Gasteiger partial charge in [-0.1, -0.05) is 0 Å². The second kappa shape index (κ2) is 9.23. The van der Waals surface area contributed by atoms with E-state index in [1.54, 1.807) is 23.1 Å². The van der Waals surface area contributed by atoms with Gasteiger partial charge in [0.1, 0.15) is 6.10 Å². The van der Waals surface area contributed by atoms with E-state index in [0.717, 1.165) is 18.3 Å². The largest absolute Gasteiger partial charge is 0.490 e. The summed E-state index contributed by atoms with van der Waals surface area (Å²) in [6, 6.07) is 6.75. The topological polar surface area (TPSA) is 60.9 Å². The minimum absolute atomic E-state index is 0.108. The van der Waals surface area contributed by atoms with E-state index >= 15 is 0 Å². The van der Waals surface area contributed by atoms with Gasteiger partial charge in [-0.15, -0.1) is 0 Å². The van der Waals surface area contributed by atoms with Crippen molar-refractivity contribution >= 4 is 5.91 Å². The summed E-state index contributed by atoms with van der Waals surface area (Å²) in [5.74, 6) is 0.741. The van der Waals surface area contributed by atoms with Gasteiger partial charge in [0, 0.05) is 30.8 Å². The van der Waals surface area contributed by atoms with Crippen molar-refractivity contribution in [3.05, 3.63) is 47.7 Å². The Morgan fingerprint density at radius 2 is 1.87 bits per heavy atom. The zero-order valence-electron chi connectivity index (χ0n) is 16.7. The number of alkyl halides is 3.